The zero-order chi connectivity index (χ0) is 15.8. The number of aromatic nitrogens is 2. The number of nitriles is 1. The van der Waals surface area contributed by atoms with Gasteiger partial charge in [0.15, 0.2) is 5.75 Å². The van der Waals surface area contributed by atoms with E-state index < -0.39 is 11.7 Å². The molecule has 0 saturated carbocycles. The molecule has 4 nitrogen and oxygen atoms in total. The maximum atomic E-state index is 12.6. The van der Waals surface area contributed by atoms with Crippen molar-refractivity contribution in [3.05, 3.63) is 40.7 Å². The minimum absolute atomic E-state index is 0.0738. The number of rotatable bonds is 2. The second-order valence-electron chi connectivity index (χ2n) is 4.55. The highest BCUT2D eigenvalue weighted by molar-refractivity contribution is 5.49. The average molecular weight is 295 g/mol. The van der Waals surface area contributed by atoms with E-state index in [9.17, 15) is 13.2 Å². The Balaban J connectivity index is 2.44. The van der Waals surface area contributed by atoms with Crippen LogP contribution in [-0.4, -0.2) is 9.78 Å². The number of nitrogens with zero attached hydrogens (tertiary/aromatic N) is 3. The maximum Gasteiger partial charge on any atom is 0.416 e. The van der Waals surface area contributed by atoms with Crippen LogP contribution in [0.4, 0.5) is 13.2 Å². The number of alkyl halides is 3. The molecule has 7 heteroatoms. The summed E-state index contributed by atoms with van der Waals surface area (Å²) in [6.45, 7) is 3.49. The highest BCUT2D eigenvalue weighted by Crippen LogP contribution is 2.35. The molecule has 0 aliphatic carbocycles. The van der Waals surface area contributed by atoms with E-state index in [-0.39, 0.29) is 11.3 Å². The molecule has 0 fully saturated rings. The van der Waals surface area contributed by atoms with Crippen LogP contribution in [0.25, 0.3) is 0 Å². The minimum Gasteiger partial charge on any atom is -0.452 e. The largest absolute Gasteiger partial charge is 0.452 e. The summed E-state index contributed by atoms with van der Waals surface area (Å²) in [6, 6.07) is 4.53. The van der Waals surface area contributed by atoms with E-state index in [4.69, 9.17) is 10.00 Å². The van der Waals surface area contributed by atoms with Crippen molar-refractivity contribution in [3.63, 3.8) is 0 Å². The van der Waals surface area contributed by atoms with Gasteiger partial charge in [-0.15, -0.1) is 0 Å². The van der Waals surface area contributed by atoms with Crippen LogP contribution in [0.15, 0.2) is 18.2 Å². The summed E-state index contributed by atoms with van der Waals surface area (Å²) in [4.78, 5) is 0. The lowest BCUT2D eigenvalue weighted by Gasteiger charge is -2.11. The Bertz CT molecular complexity index is 726. The van der Waals surface area contributed by atoms with Gasteiger partial charge in [0.05, 0.1) is 16.8 Å². The Hall–Kier alpha value is -2.49. The van der Waals surface area contributed by atoms with Gasteiger partial charge in [0, 0.05) is 7.05 Å². The smallest absolute Gasteiger partial charge is 0.416 e. The molecule has 0 atom stereocenters. The molecule has 0 aliphatic rings. The highest BCUT2D eigenvalue weighted by Gasteiger charge is 2.31. The van der Waals surface area contributed by atoms with E-state index in [1.165, 1.54) is 0 Å². The summed E-state index contributed by atoms with van der Waals surface area (Å²) in [5, 5.41) is 13.2. The van der Waals surface area contributed by atoms with E-state index in [0.717, 1.165) is 23.9 Å². The predicted octanol–water partition coefficient (Wildman–Crippen LogP) is 3.72. The summed E-state index contributed by atoms with van der Waals surface area (Å²) >= 11 is 0. The number of hydrogen-bond donors (Lipinski definition) is 0. The van der Waals surface area contributed by atoms with Crippen LogP contribution in [0.1, 0.15) is 22.5 Å². The van der Waals surface area contributed by atoms with Crippen molar-refractivity contribution in [1.82, 2.24) is 9.78 Å². The fourth-order valence-electron chi connectivity index (χ4n) is 1.89. The molecule has 2 rings (SSSR count). The molecule has 0 aliphatic heterocycles. The standard InChI is InChI=1S/C14H12F3N3O/c1-8-13(9(2)20(3)19-8)21-12-5-4-11(14(15,16)17)6-10(12)7-18/h4-6H,1-3H3. The Kier molecular flexibility index (Phi) is 3.64. The van der Waals surface area contributed by atoms with Crippen molar-refractivity contribution in [2.45, 2.75) is 20.0 Å². The monoisotopic (exact) mass is 295 g/mol. The molecule has 1 heterocycles. The number of aryl methyl sites for hydroxylation is 2. The van der Waals surface area contributed by atoms with Crippen molar-refractivity contribution >= 4 is 0 Å². The van der Waals surface area contributed by atoms with Crippen molar-refractivity contribution in [3.8, 4) is 17.6 Å². The van der Waals surface area contributed by atoms with Gasteiger partial charge < -0.3 is 4.74 Å². The first-order chi connectivity index (χ1) is 9.74. The fraction of sp³-hybridized carbons (Fsp3) is 0.286. The number of benzene rings is 1. The van der Waals surface area contributed by atoms with Gasteiger partial charge in [0.2, 0.25) is 0 Å². The second-order valence-corrected chi connectivity index (χ2v) is 4.55. The molecule has 0 bridgehead atoms. The molecular weight excluding hydrogens is 283 g/mol. The normalized spacial score (nSPS) is 11.3. The van der Waals surface area contributed by atoms with Crippen molar-refractivity contribution in [2.24, 2.45) is 7.05 Å². The Morgan fingerprint density at radius 3 is 2.43 bits per heavy atom. The first kappa shape index (κ1) is 14.9. The van der Waals surface area contributed by atoms with Crippen molar-refractivity contribution in [2.75, 3.05) is 0 Å². The third-order valence-corrected chi connectivity index (χ3v) is 3.08. The first-order valence-electron chi connectivity index (χ1n) is 6.03. The zero-order valence-corrected chi connectivity index (χ0v) is 11.6. The maximum absolute atomic E-state index is 12.6. The minimum atomic E-state index is -4.50. The summed E-state index contributed by atoms with van der Waals surface area (Å²) < 4.78 is 45.1. The van der Waals surface area contributed by atoms with Crippen molar-refractivity contribution < 1.29 is 17.9 Å². The van der Waals surface area contributed by atoms with Crippen LogP contribution < -0.4 is 4.74 Å². The fourth-order valence-corrected chi connectivity index (χ4v) is 1.89. The molecular formula is C14H12F3N3O. The lowest BCUT2D eigenvalue weighted by Crippen LogP contribution is -2.05. The summed E-state index contributed by atoms with van der Waals surface area (Å²) in [7, 11) is 1.73. The molecule has 21 heavy (non-hydrogen) atoms. The third-order valence-electron chi connectivity index (χ3n) is 3.08. The summed E-state index contributed by atoms with van der Waals surface area (Å²) in [6.07, 6.45) is -4.50. The quantitative estimate of drug-likeness (QED) is 0.848. The van der Waals surface area contributed by atoms with Crippen LogP contribution >= 0.6 is 0 Å². The lowest BCUT2D eigenvalue weighted by molar-refractivity contribution is -0.137. The molecule has 1 aromatic heterocycles. The molecule has 0 radical (unpaired) electrons. The Morgan fingerprint density at radius 1 is 1.29 bits per heavy atom. The van der Waals surface area contributed by atoms with Crippen LogP contribution in [-0.2, 0) is 13.2 Å². The molecule has 0 unspecified atom stereocenters. The van der Waals surface area contributed by atoms with Gasteiger partial charge in [0.1, 0.15) is 17.5 Å². The van der Waals surface area contributed by atoms with Crippen LogP contribution in [0, 0.1) is 25.2 Å². The zero-order valence-electron chi connectivity index (χ0n) is 11.6. The molecule has 1 aromatic carbocycles. The van der Waals surface area contributed by atoms with E-state index in [0.29, 0.717) is 11.4 Å². The van der Waals surface area contributed by atoms with Gasteiger partial charge in [0.25, 0.3) is 0 Å². The van der Waals surface area contributed by atoms with E-state index in [1.807, 2.05) is 0 Å². The molecule has 0 saturated heterocycles. The number of ether oxygens (including phenoxy) is 1. The van der Waals surface area contributed by atoms with Crippen LogP contribution in [0.5, 0.6) is 11.5 Å². The highest BCUT2D eigenvalue weighted by atomic mass is 19.4. The molecule has 110 valence electrons. The van der Waals surface area contributed by atoms with Crippen LogP contribution in [0.3, 0.4) is 0 Å². The Labute approximate surface area is 119 Å². The first-order valence-corrected chi connectivity index (χ1v) is 6.03. The Morgan fingerprint density at radius 2 is 1.95 bits per heavy atom. The van der Waals surface area contributed by atoms with Gasteiger partial charge >= 0.3 is 6.18 Å². The summed E-state index contributed by atoms with van der Waals surface area (Å²) in [5.41, 5.74) is 0.258. The van der Waals surface area contributed by atoms with Gasteiger partial charge in [-0.1, -0.05) is 0 Å². The van der Waals surface area contributed by atoms with E-state index in [2.05, 4.69) is 5.10 Å². The SMILES string of the molecule is Cc1nn(C)c(C)c1Oc1ccc(C(F)(F)F)cc1C#N. The molecule has 0 spiro atoms. The third kappa shape index (κ3) is 2.84. The molecule has 2 aromatic rings. The van der Waals surface area contributed by atoms with Gasteiger partial charge in [-0.25, -0.2) is 0 Å². The molecule has 0 amide bonds. The van der Waals surface area contributed by atoms with Crippen molar-refractivity contribution in [1.29, 1.82) is 5.26 Å². The van der Waals surface area contributed by atoms with E-state index in [1.54, 1.807) is 31.6 Å². The van der Waals surface area contributed by atoms with Gasteiger partial charge in [-0.3, -0.25) is 4.68 Å². The summed E-state index contributed by atoms with van der Waals surface area (Å²) in [5.74, 6) is 0.512. The predicted molar refractivity (Wildman–Crippen MR) is 68.9 cm³/mol. The topological polar surface area (TPSA) is 50.8 Å². The number of halogens is 3. The molecule has 0 N–H and O–H groups in total. The van der Waals surface area contributed by atoms with E-state index >= 15 is 0 Å². The van der Waals surface area contributed by atoms with Gasteiger partial charge in [-0.2, -0.15) is 23.5 Å². The van der Waals surface area contributed by atoms with Crippen LogP contribution in [0.2, 0.25) is 0 Å². The second kappa shape index (κ2) is 5.13. The number of hydrogen-bond acceptors (Lipinski definition) is 3. The lowest BCUT2D eigenvalue weighted by atomic mass is 10.1. The van der Waals surface area contributed by atoms with Gasteiger partial charge in [-0.05, 0) is 32.0 Å². The average Bonchev–Trinajstić information content (AvgIpc) is 2.64.